The van der Waals surface area contributed by atoms with E-state index in [-0.39, 0.29) is 0 Å². The molecule has 2 heterocycles. The molecule has 2 rings (SSSR count). The van der Waals surface area contributed by atoms with Crippen LogP contribution in [-0.4, -0.2) is 16.5 Å². The minimum atomic E-state index is 0.985. The summed E-state index contributed by atoms with van der Waals surface area (Å²) in [5.41, 5.74) is 4.40. The molecule has 2 aromatic rings. The monoisotopic (exact) mass is 227 g/mol. The Bertz CT molecular complexity index is 494. The van der Waals surface area contributed by atoms with E-state index in [1.54, 1.807) is 6.20 Å². The van der Waals surface area contributed by atoms with Crippen LogP contribution in [0.5, 0.6) is 0 Å². The van der Waals surface area contributed by atoms with Gasteiger partial charge in [0.1, 0.15) is 0 Å². The first-order chi connectivity index (χ1) is 8.31. The SMILES string of the molecule is CCCNc1ccnc(-c2ccncc2C)c1. The average molecular weight is 227 g/mol. The molecule has 88 valence electrons. The lowest BCUT2D eigenvalue weighted by molar-refractivity contribution is 0.979. The van der Waals surface area contributed by atoms with E-state index in [2.05, 4.69) is 35.2 Å². The van der Waals surface area contributed by atoms with Gasteiger partial charge in [-0.3, -0.25) is 9.97 Å². The van der Waals surface area contributed by atoms with Crippen LogP contribution >= 0.6 is 0 Å². The van der Waals surface area contributed by atoms with Crippen LogP contribution in [0.3, 0.4) is 0 Å². The summed E-state index contributed by atoms with van der Waals surface area (Å²) in [6.07, 6.45) is 6.62. The van der Waals surface area contributed by atoms with Gasteiger partial charge in [0.15, 0.2) is 0 Å². The van der Waals surface area contributed by atoms with Gasteiger partial charge in [-0.15, -0.1) is 0 Å². The molecule has 0 saturated heterocycles. The maximum absolute atomic E-state index is 4.41. The third-order valence-electron chi connectivity index (χ3n) is 2.64. The van der Waals surface area contributed by atoms with Crippen molar-refractivity contribution in [1.29, 1.82) is 0 Å². The molecular weight excluding hydrogens is 210 g/mol. The van der Waals surface area contributed by atoms with Gasteiger partial charge in [-0.2, -0.15) is 0 Å². The van der Waals surface area contributed by atoms with Crippen molar-refractivity contribution in [2.45, 2.75) is 20.3 Å². The summed E-state index contributed by atoms with van der Waals surface area (Å²) in [5, 5.41) is 3.37. The smallest absolute Gasteiger partial charge is 0.0726 e. The molecule has 0 fully saturated rings. The molecule has 0 amide bonds. The molecule has 3 nitrogen and oxygen atoms in total. The molecule has 0 saturated carbocycles. The van der Waals surface area contributed by atoms with Crippen LogP contribution in [0.1, 0.15) is 18.9 Å². The van der Waals surface area contributed by atoms with Crippen LogP contribution in [0.25, 0.3) is 11.3 Å². The number of anilines is 1. The number of pyridine rings is 2. The molecule has 17 heavy (non-hydrogen) atoms. The number of aromatic nitrogens is 2. The Morgan fingerprint density at radius 3 is 2.88 bits per heavy atom. The second-order valence-corrected chi connectivity index (χ2v) is 4.05. The van der Waals surface area contributed by atoms with Crippen molar-refractivity contribution >= 4 is 5.69 Å². The Balaban J connectivity index is 2.30. The van der Waals surface area contributed by atoms with Crippen LogP contribution < -0.4 is 5.32 Å². The highest BCUT2D eigenvalue weighted by molar-refractivity contribution is 5.66. The van der Waals surface area contributed by atoms with Crippen molar-refractivity contribution in [3.63, 3.8) is 0 Å². The zero-order chi connectivity index (χ0) is 12.1. The second-order valence-electron chi connectivity index (χ2n) is 4.05. The molecule has 0 unspecified atom stereocenters. The molecule has 2 aromatic heterocycles. The molecule has 0 bridgehead atoms. The van der Waals surface area contributed by atoms with Crippen molar-refractivity contribution in [1.82, 2.24) is 9.97 Å². The molecular formula is C14H17N3. The van der Waals surface area contributed by atoms with Crippen molar-refractivity contribution in [3.05, 3.63) is 42.4 Å². The molecule has 0 aromatic carbocycles. The fourth-order valence-electron chi connectivity index (χ4n) is 1.72. The number of rotatable bonds is 4. The fraction of sp³-hybridized carbons (Fsp3) is 0.286. The van der Waals surface area contributed by atoms with Gasteiger partial charge in [0, 0.05) is 36.4 Å². The van der Waals surface area contributed by atoms with E-state index in [1.165, 1.54) is 0 Å². The molecule has 0 atom stereocenters. The first-order valence-electron chi connectivity index (χ1n) is 5.92. The van der Waals surface area contributed by atoms with E-state index in [1.807, 2.05) is 24.5 Å². The summed E-state index contributed by atoms with van der Waals surface area (Å²) in [5.74, 6) is 0. The van der Waals surface area contributed by atoms with E-state index in [0.717, 1.165) is 35.5 Å². The minimum Gasteiger partial charge on any atom is -0.385 e. The maximum Gasteiger partial charge on any atom is 0.0726 e. The van der Waals surface area contributed by atoms with E-state index >= 15 is 0 Å². The highest BCUT2D eigenvalue weighted by Crippen LogP contribution is 2.22. The minimum absolute atomic E-state index is 0.985. The number of hydrogen-bond acceptors (Lipinski definition) is 3. The van der Waals surface area contributed by atoms with Gasteiger partial charge >= 0.3 is 0 Å². The van der Waals surface area contributed by atoms with Crippen LogP contribution in [0.15, 0.2) is 36.8 Å². The van der Waals surface area contributed by atoms with E-state index in [0.29, 0.717) is 0 Å². The standard InChI is InChI=1S/C14H17N3/c1-3-6-16-12-4-8-17-14(9-12)13-5-7-15-10-11(13)2/h4-5,7-10H,3,6H2,1-2H3,(H,16,17). The van der Waals surface area contributed by atoms with Crippen molar-refractivity contribution in [2.75, 3.05) is 11.9 Å². The first kappa shape index (κ1) is 11.6. The van der Waals surface area contributed by atoms with Gasteiger partial charge in [0.05, 0.1) is 5.69 Å². The number of nitrogens with zero attached hydrogens (tertiary/aromatic N) is 2. The summed E-state index contributed by atoms with van der Waals surface area (Å²) in [6, 6.07) is 6.08. The van der Waals surface area contributed by atoms with Crippen LogP contribution in [0, 0.1) is 6.92 Å². The molecule has 0 aliphatic heterocycles. The first-order valence-corrected chi connectivity index (χ1v) is 5.92. The Morgan fingerprint density at radius 1 is 1.24 bits per heavy atom. The molecule has 0 aliphatic rings. The Kier molecular flexibility index (Phi) is 3.70. The van der Waals surface area contributed by atoms with Crippen molar-refractivity contribution < 1.29 is 0 Å². The Labute approximate surface area is 102 Å². The molecule has 0 radical (unpaired) electrons. The van der Waals surface area contributed by atoms with Gasteiger partial charge in [-0.1, -0.05) is 6.92 Å². The molecule has 0 spiro atoms. The van der Waals surface area contributed by atoms with Crippen LogP contribution in [0.4, 0.5) is 5.69 Å². The van der Waals surface area contributed by atoms with Gasteiger partial charge in [0.2, 0.25) is 0 Å². The topological polar surface area (TPSA) is 37.8 Å². The number of nitrogens with one attached hydrogen (secondary N) is 1. The molecule has 0 aliphatic carbocycles. The zero-order valence-corrected chi connectivity index (χ0v) is 10.3. The van der Waals surface area contributed by atoms with Crippen molar-refractivity contribution in [3.8, 4) is 11.3 Å². The molecule has 1 N–H and O–H groups in total. The van der Waals surface area contributed by atoms with Gasteiger partial charge in [-0.05, 0) is 37.1 Å². The highest BCUT2D eigenvalue weighted by Gasteiger charge is 2.03. The van der Waals surface area contributed by atoms with Gasteiger partial charge in [0.25, 0.3) is 0 Å². The quantitative estimate of drug-likeness (QED) is 0.871. The maximum atomic E-state index is 4.41. The number of hydrogen-bond donors (Lipinski definition) is 1. The van der Waals surface area contributed by atoms with Crippen LogP contribution in [0.2, 0.25) is 0 Å². The normalized spacial score (nSPS) is 10.2. The lowest BCUT2D eigenvalue weighted by Gasteiger charge is -2.08. The third-order valence-corrected chi connectivity index (χ3v) is 2.64. The Morgan fingerprint density at radius 2 is 2.12 bits per heavy atom. The number of aryl methyl sites for hydroxylation is 1. The average Bonchev–Trinajstić information content (AvgIpc) is 2.37. The lowest BCUT2D eigenvalue weighted by atomic mass is 10.1. The lowest BCUT2D eigenvalue weighted by Crippen LogP contribution is -2.00. The van der Waals surface area contributed by atoms with Gasteiger partial charge < -0.3 is 5.32 Å². The summed E-state index contributed by atoms with van der Waals surface area (Å²) in [7, 11) is 0. The van der Waals surface area contributed by atoms with Crippen molar-refractivity contribution in [2.24, 2.45) is 0 Å². The van der Waals surface area contributed by atoms with Crippen LogP contribution in [-0.2, 0) is 0 Å². The highest BCUT2D eigenvalue weighted by atomic mass is 14.9. The second kappa shape index (κ2) is 5.43. The Hall–Kier alpha value is -1.90. The molecule has 3 heteroatoms. The summed E-state index contributed by atoms with van der Waals surface area (Å²) in [6.45, 7) is 5.19. The van der Waals surface area contributed by atoms with E-state index in [4.69, 9.17) is 0 Å². The summed E-state index contributed by atoms with van der Waals surface area (Å²) < 4.78 is 0. The predicted molar refractivity (Wildman–Crippen MR) is 71.0 cm³/mol. The third kappa shape index (κ3) is 2.81. The summed E-state index contributed by atoms with van der Waals surface area (Å²) >= 11 is 0. The summed E-state index contributed by atoms with van der Waals surface area (Å²) in [4.78, 5) is 8.51. The largest absolute Gasteiger partial charge is 0.385 e. The van der Waals surface area contributed by atoms with Gasteiger partial charge in [-0.25, -0.2) is 0 Å². The van der Waals surface area contributed by atoms with E-state index < -0.39 is 0 Å². The predicted octanol–water partition coefficient (Wildman–Crippen LogP) is 3.27. The zero-order valence-electron chi connectivity index (χ0n) is 10.3. The fourth-order valence-corrected chi connectivity index (χ4v) is 1.72. The van der Waals surface area contributed by atoms with E-state index in [9.17, 15) is 0 Å².